The lowest BCUT2D eigenvalue weighted by Crippen LogP contribution is -2.54. The predicted octanol–water partition coefficient (Wildman–Crippen LogP) is 2.32. The molecule has 0 aliphatic carbocycles. The van der Waals surface area contributed by atoms with E-state index in [9.17, 15) is 4.79 Å². The van der Waals surface area contributed by atoms with Crippen LogP contribution in [-0.2, 0) is 11.3 Å². The van der Waals surface area contributed by atoms with Gasteiger partial charge in [-0.2, -0.15) is 4.98 Å². The molecular weight excluding hydrogens is 545 g/mol. The minimum atomic E-state index is 0. The summed E-state index contributed by atoms with van der Waals surface area (Å²) >= 11 is 6.04. The molecule has 0 atom stereocenters. The number of nitrogens with zero attached hydrogens (tertiary/aromatic N) is 6. The molecule has 1 N–H and O–H groups in total. The second-order valence-electron chi connectivity index (χ2n) is 7.77. The number of likely N-dealkylation sites (tertiary alicyclic amines) is 1. The Morgan fingerprint density at radius 2 is 1.91 bits per heavy atom. The van der Waals surface area contributed by atoms with Crippen molar-refractivity contribution >= 4 is 47.4 Å². The van der Waals surface area contributed by atoms with Crippen molar-refractivity contribution in [2.24, 2.45) is 4.99 Å². The van der Waals surface area contributed by atoms with Gasteiger partial charge in [0, 0.05) is 56.9 Å². The minimum absolute atomic E-state index is 0. The number of carbonyl (C=O) groups is 1. The van der Waals surface area contributed by atoms with E-state index in [1.54, 1.807) is 19.2 Å². The highest BCUT2D eigenvalue weighted by atomic mass is 127. The zero-order chi connectivity index (χ0) is 21.6. The van der Waals surface area contributed by atoms with Crippen LogP contribution in [-0.4, -0.2) is 89.6 Å². The molecule has 9 nitrogen and oxygen atoms in total. The van der Waals surface area contributed by atoms with E-state index in [-0.39, 0.29) is 29.9 Å². The summed E-state index contributed by atoms with van der Waals surface area (Å²) in [5.41, 5.74) is 0.812. The largest absolute Gasteiger partial charge is 0.347 e. The fourth-order valence-electron chi connectivity index (χ4n) is 3.93. The monoisotopic (exact) mass is 573 g/mol. The molecule has 0 spiro atoms. The Hall–Kier alpha value is -1.92. The van der Waals surface area contributed by atoms with Crippen LogP contribution < -0.4 is 5.32 Å². The molecule has 0 unspecified atom stereocenters. The molecule has 1 aromatic carbocycles. The number of guanidine groups is 1. The van der Waals surface area contributed by atoms with Gasteiger partial charge in [0.15, 0.2) is 5.96 Å². The number of nitrogens with one attached hydrogen (secondary N) is 1. The van der Waals surface area contributed by atoms with Crippen LogP contribution in [0.1, 0.15) is 18.7 Å². The van der Waals surface area contributed by atoms with Crippen LogP contribution in [0.3, 0.4) is 0 Å². The third-order valence-corrected chi connectivity index (χ3v) is 5.88. The van der Waals surface area contributed by atoms with Crippen molar-refractivity contribution in [3.05, 3.63) is 35.2 Å². The molecule has 4 rings (SSSR count). The lowest BCUT2D eigenvalue weighted by molar-refractivity contribution is -0.131. The maximum absolute atomic E-state index is 12.4. The summed E-state index contributed by atoms with van der Waals surface area (Å²) in [6, 6.07) is 7.35. The Morgan fingerprint density at radius 1 is 1.16 bits per heavy atom. The molecule has 2 fully saturated rings. The molecule has 1 aromatic heterocycles. The smallest absolute Gasteiger partial charge is 0.246 e. The third-order valence-electron chi connectivity index (χ3n) is 5.65. The number of halogens is 2. The number of benzene rings is 1. The van der Waals surface area contributed by atoms with Crippen molar-refractivity contribution in [1.82, 2.24) is 30.2 Å². The molecule has 2 aliphatic heterocycles. The lowest BCUT2D eigenvalue weighted by atomic mass is 10.2. The number of piperazine rings is 1. The van der Waals surface area contributed by atoms with Crippen molar-refractivity contribution in [1.29, 1.82) is 0 Å². The molecule has 32 heavy (non-hydrogen) atoms. The van der Waals surface area contributed by atoms with Gasteiger partial charge in [0.1, 0.15) is 0 Å². The highest BCUT2D eigenvalue weighted by Crippen LogP contribution is 2.20. The van der Waals surface area contributed by atoms with Crippen LogP contribution in [0.15, 0.2) is 33.8 Å². The van der Waals surface area contributed by atoms with Crippen LogP contribution in [0.5, 0.6) is 0 Å². The Kier molecular flexibility index (Phi) is 9.11. The Morgan fingerprint density at radius 3 is 2.59 bits per heavy atom. The fourth-order valence-corrected chi connectivity index (χ4v) is 4.12. The summed E-state index contributed by atoms with van der Waals surface area (Å²) in [7, 11) is 1.76. The highest BCUT2D eigenvalue weighted by Gasteiger charge is 2.24. The van der Waals surface area contributed by atoms with Gasteiger partial charge in [-0.15, -0.1) is 24.0 Å². The Bertz CT molecular complexity index is 924. The van der Waals surface area contributed by atoms with Crippen molar-refractivity contribution in [2.45, 2.75) is 19.4 Å². The van der Waals surface area contributed by atoms with Gasteiger partial charge >= 0.3 is 0 Å². The minimum Gasteiger partial charge on any atom is -0.347 e. The quantitative estimate of drug-likeness (QED) is 0.334. The number of carbonyl (C=O) groups excluding carboxylic acids is 1. The lowest BCUT2D eigenvalue weighted by Gasteiger charge is -2.36. The molecule has 2 saturated heterocycles. The first-order chi connectivity index (χ1) is 15.1. The normalized spacial score (nSPS) is 17.4. The van der Waals surface area contributed by atoms with E-state index in [0.717, 1.165) is 63.6 Å². The second-order valence-corrected chi connectivity index (χ2v) is 8.21. The number of rotatable bonds is 5. The van der Waals surface area contributed by atoms with E-state index in [1.165, 1.54) is 0 Å². The average molecular weight is 574 g/mol. The topological polar surface area (TPSA) is 90.1 Å². The van der Waals surface area contributed by atoms with Crippen molar-refractivity contribution < 1.29 is 9.32 Å². The molecule has 11 heteroatoms. The first-order valence-corrected chi connectivity index (χ1v) is 11.0. The Labute approximate surface area is 210 Å². The van der Waals surface area contributed by atoms with E-state index >= 15 is 0 Å². The number of aliphatic imine (C=N–C) groups is 1. The van der Waals surface area contributed by atoms with Crippen LogP contribution in [0.25, 0.3) is 11.4 Å². The van der Waals surface area contributed by atoms with Gasteiger partial charge in [0.05, 0.1) is 13.1 Å². The number of hydrogen-bond acceptors (Lipinski definition) is 6. The number of amides is 1. The van der Waals surface area contributed by atoms with E-state index < -0.39 is 0 Å². The first-order valence-electron chi connectivity index (χ1n) is 10.7. The molecule has 0 radical (unpaired) electrons. The second kappa shape index (κ2) is 11.8. The van der Waals surface area contributed by atoms with Crippen LogP contribution >= 0.6 is 35.6 Å². The summed E-state index contributed by atoms with van der Waals surface area (Å²) in [4.78, 5) is 27.6. The standard InChI is InChI=1S/C21H28ClN7O2.HI/c1-23-21(24-14-18-25-20(26-31-18)16-5-4-6-17(22)13-16)29-11-9-27(10-12-29)15-19(30)28-7-2-3-8-28;/h4-6,13H,2-3,7-12,14-15H2,1H3,(H,23,24);1H. The van der Waals surface area contributed by atoms with Crippen LogP contribution in [0.4, 0.5) is 0 Å². The zero-order valence-corrected chi connectivity index (χ0v) is 21.3. The molecule has 0 bridgehead atoms. The molecule has 2 aliphatic rings. The average Bonchev–Trinajstić information content (AvgIpc) is 3.48. The van der Waals surface area contributed by atoms with Crippen molar-refractivity contribution in [3.8, 4) is 11.4 Å². The van der Waals surface area contributed by atoms with Gasteiger partial charge in [0.25, 0.3) is 0 Å². The maximum atomic E-state index is 12.4. The van der Waals surface area contributed by atoms with Gasteiger partial charge in [-0.25, -0.2) is 0 Å². The number of hydrogen-bond donors (Lipinski definition) is 1. The molecule has 0 saturated carbocycles. The van der Waals surface area contributed by atoms with Gasteiger partial charge in [-0.05, 0) is 25.0 Å². The van der Waals surface area contributed by atoms with Crippen molar-refractivity contribution in [3.63, 3.8) is 0 Å². The molecule has 1 amide bonds. The van der Waals surface area contributed by atoms with Gasteiger partial charge in [0.2, 0.25) is 17.6 Å². The molecule has 174 valence electrons. The maximum Gasteiger partial charge on any atom is 0.246 e. The van der Waals surface area contributed by atoms with Crippen LogP contribution in [0.2, 0.25) is 5.02 Å². The fraction of sp³-hybridized carbons (Fsp3) is 0.524. The number of aromatic nitrogens is 2. The SMILES string of the molecule is CN=C(NCc1nc(-c2cccc(Cl)c2)no1)N1CCN(CC(=O)N2CCCC2)CC1.I. The predicted molar refractivity (Wildman–Crippen MR) is 134 cm³/mol. The van der Waals surface area contributed by atoms with E-state index in [4.69, 9.17) is 16.1 Å². The third kappa shape index (κ3) is 6.32. The molecule has 3 heterocycles. The zero-order valence-electron chi connectivity index (χ0n) is 18.2. The highest BCUT2D eigenvalue weighted by molar-refractivity contribution is 14.0. The summed E-state index contributed by atoms with van der Waals surface area (Å²) in [5, 5.41) is 7.95. The summed E-state index contributed by atoms with van der Waals surface area (Å²) in [6.07, 6.45) is 2.25. The van der Waals surface area contributed by atoms with Gasteiger partial charge in [-0.3, -0.25) is 14.7 Å². The van der Waals surface area contributed by atoms with Crippen molar-refractivity contribution in [2.75, 3.05) is 52.9 Å². The summed E-state index contributed by atoms with van der Waals surface area (Å²) < 4.78 is 5.36. The van der Waals surface area contributed by atoms with E-state index in [1.807, 2.05) is 17.0 Å². The van der Waals surface area contributed by atoms with Gasteiger partial charge in [-0.1, -0.05) is 28.9 Å². The molecular formula is C21H29ClIN7O2. The Balaban J connectivity index is 0.00000289. The summed E-state index contributed by atoms with van der Waals surface area (Å²) in [5.74, 6) is 2.02. The van der Waals surface area contributed by atoms with Crippen LogP contribution in [0, 0.1) is 0 Å². The first kappa shape index (κ1) is 24.7. The van der Waals surface area contributed by atoms with E-state index in [2.05, 4.69) is 30.2 Å². The molecule has 2 aromatic rings. The van der Waals surface area contributed by atoms with Gasteiger partial charge < -0.3 is 19.6 Å². The summed E-state index contributed by atoms with van der Waals surface area (Å²) in [6.45, 7) is 5.99. The van der Waals surface area contributed by atoms with E-state index in [0.29, 0.717) is 29.8 Å².